The van der Waals surface area contributed by atoms with Gasteiger partial charge in [0.05, 0.1) is 16.8 Å². The third kappa shape index (κ3) is 3.53. The van der Waals surface area contributed by atoms with Crippen molar-refractivity contribution in [2.24, 2.45) is 0 Å². The van der Waals surface area contributed by atoms with Crippen LogP contribution in [0.4, 0.5) is 11.4 Å². The molecule has 0 amide bonds. The first-order valence-corrected chi connectivity index (χ1v) is 11.5. The second kappa shape index (κ2) is 7.10. The predicted octanol–water partition coefficient (Wildman–Crippen LogP) is 2.70. The third-order valence-electron chi connectivity index (χ3n) is 4.74. The minimum Gasteiger partial charge on any atom is -0.354 e. The first-order chi connectivity index (χ1) is 14.5. The summed E-state index contributed by atoms with van der Waals surface area (Å²) in [4.78, 5) is 25.0. The van der Waals surface area contributed by atoms with Gasteiger partial charge in [-0.1, -0.05) is 30.3 Å². The van der Waals surface area contributed by atoms with E-state index in [1.54, 1.807) is 30.3 Å². The number of nitrogens with one attached hydrogen (secondary N) is 1. The molecule has 3 aromatic rings. The van der Waals surface area contributed by atoms with Crippen LogP contribution in [-0.2, 0) is 20.2 Å². The van der Waals surface area contributed by atoms with E-state index in [0.29, 0.717) is 5.69 Å². The van der Waals surface area contributed by atoms with Crippen molar-refractivity contribution < 1.29 is 35.5 Å². The number of carbonyl (C=O) groups is 2. The van der Waals surface area contributed by atoms with Gasteiger partial charge < -0.3 is 5.32 Å². The average molecular weight is 459 g/mol. The molecule has 1 aliphatic carbocycles. The molecule has 3 N–H and O–H groups in total. The van der Waals surface area contributed by atoms with E-state index in [2.05, 4.69) is 5.32 Å². The van der Waals surface area contributed by atoms with Gasteiger partial charge in [-0.05, 0) is 30.3 Å². The fourth-order valence-electron chi connectivity index (χ4n) is 3.45. The molecule has 0 saturated carbocycles. The average Bonchev–Trinajstić information content (AvgIpc) is 2.70. The Balaban J connectivity index is 2.04. The molecule has 9 nitrogen and oxygen atoms in total. The van der Waals surface area contributed by atoms with E-state index in [4.69, 9.17) is 0 Å². The third-order valence-corrected chi connectivity index (χ3v) is 6.53. The maximum absolute atomic E-state index is 13.3. The molecule has 0 heterocycles. The van der Waals surface area contributed by atoms with Crippen molar-refractivity contribution in [3.63, 3.8) is 0 Å². The Morgan fingerprint density at radius 2 is 1.19 bits per heavy atom. The van der Waals surface area contributed by atoms with Gasteiger partial charge in [-0.3, -0.25) is 18.7 Å². The predicted molar refractivity (Wildman–Crippen MR) is 109 cm³/mol. The molecular weight excluding hydrogens is 446 g/mol. The van der Waals surface area contributed by atoms with E-state index in [1.807, 2.05) is 0 Å². The zero-order valence-corrected chi connectivity index (χ0v) is 17.1. The lowest BCUT2D eigenvalue weighted by Gasteiger charge is -2.23. The van der Waals surface area contributed by atoms with Gasteiger partial charge in [-0.25, -0.2) is 0 Å². The number of hydrogen-bond donors (Lipinski definition) is 3. The number of hydrogen-bond acceptors (Lipinski definition) is 7. The number of fused-ring (bicyclic) bond motifs is 2. The molecular formula is C20H13NO8S2. The normalized spacial score (nSPS) is 13.5. The molecule has 4 rings (SSSR count). The largest absolute Gasteiger partial charge is 0.354 e. The molecule has 0 aromatic heterocycles. The summed E-state index contributed by atoms with van der Waals surface area (Å²) in [5.74, 6) is -1.74. The maximum atomic E-state index is 13.3. The Hall–Kier alpha value is -3.38. The van der Waals surface area contributed by atoms with Crippen molar-refractivity contribution in [2.45, 2.75) is 9.79 Å². The summed E-state index contributed by atoms with van der Waals surface area (Å²) >= 11 is 0. The molecule has 0 radical (unpaired) electrons. The SMILES string of the molecule is O=C1c2ccc(S(=O)(=O)O)c(Nc3ccccc3)c2C(=O)c2cccc(S(=O)(=O)O)c21. The summed E-state index contributed by atoms with van der Waals surface area (Å²) in [6, 6.07) is 13.5. The van der Waals surface area contributed by atoms with Gasteiger partial charge >= 0.3 is 0 Å². The van der Waals surface area contributed by atoms with Crippen molar-refractivity contribution in [2.75, 3.05) is 5.32 Å². The topological polar surface area (TPSA) is 155 Å². The van der Waals surface area contributed by atoms with Crippen LogP contribution in [0.15, 0.2) is 70.5 Å². The van der Waals surface area contributed by atoms with Crippen molar-refractivity contribution in [3.05, 3.63) is 82.9 Å². The van der Waals surface area contributed by atoms with Crippen LogP contribution in [-0.4, -0.2) is 37.5 Å². The molecule has 31 heavy (non-hydrogen) atoms. The van der Waals surface area contributed by atoms with Crippen molar-refractivity contribution in [1.29, 1.82) is 0 Å². The number of ketones is 2. The van der Waals surface area contributed by atoms with Crippen LogP contribution in [0.25, 0.3) is 0 Å². The van der Waals surface area contributed by atoms with Crippen molar-refractivity contribution >= 4 is 43.2 Å². The summed E-state index contributed by atoms with van der Waals surface area (Å²) in [6.45, 7) is 0. The maximum Gasteiger partial charge on any atom is 0.296 e. The first-order valence-electron chi connectivity index (χ1n) is 8.66. The number of anilines is 2. The number of para-hydroxylation sites is 1. The van der Waals surface area contributed by atoms with Crippen LogP contribution >= 0.6 is 0 Å². The van der Waals surface area contributed by atoms with Gasteiger partial charge in [0.15, 0.2) is 11.6 Å². The number of rotatable bonds is 4. The van der Waals surface area contributed by atoms with E-state index in [-0.39, 0.29) is 22.4 Å². The Morgan fingerprint density at radius 1 is 0.613 bits per heavy atom. The van der Waals surface area contributed by atoms with Gasteiger partial charge in [0, 0.05) is 16.8 Å². The zero-order valence-electron chi connectivity index (χ0n) is 15.4. The highest BCUT2D eigenvalue weighted by Crippen LogP contribution is 2.39. The minimum absolute atomic E-state index is 0.278. The molecule has 0 aliphatic heterocycles. The fraction of sp³-hybridized carbons (Fsp3) is 0. The molecule has 1 aliphatic rings. The summed E-state index contributed by atoms with van der Waals surface area (Å²) in [5, 5.41) is 2.75. The van der Waals surface area contributed by atoms with E-state index in [0.717, 1.165) is 18.2 Å². The highest BCUT2D eigenvalue weighted by Gasteiger charge is 2.38. The first kappa shape index (κ1) is 20.9. The van der Waals surface area contributed by atoms with Crippen LogP contribution < -0.4 is 5.32 Å². The summed E-state index contributed by atoms with van der Waals surface area (Å²) in [6.07, 6.45) is 0. The van der Waals surface area contributed by atoms with Gasteiger partial charge in [0.1, 0.15) is 9.79 Å². The Bertz CT molecular complexity index is 1480. The lowest BCUT2D eigenvalue weighted by Crippen LogP contribution is -2.25. The van der Waals surface area contributed by atoms with E-state index in [9.17, 15) is 35.5 Å². The minimum atomic E-state index is -4.82. The van der Waals surface area contributed by atoms with Crippen molar-refractivity contribution in [1.82, 2.24) is 0 Å². The van der Waals surface area contributed by atoms with Crippen LogP contribution in [0.1, 0.15) is 31.8 Å². The molecule has 0 saturated heterocycles. The Kier molecular flexibility index (Phi) is 4.78. The molecule has 0 spiro atoms. The van der Waals surface area contributed by atoms with E-state index < -0.39 is 47.2 Å². The van der Waals surface area contributed by atoms with Gasteiger partial charge in [0.25, 0.3) is 20.2 Å². The second-order valence-corrected chi connectivity index (χ2v) is 9.42. The lowest BCUT2D eigenvalue weighted by molar-refractivity contribution is 0.0977. The molecule has 0 unspecified atom stereocenters. The molecule has 3 aromatic carbocycles. The van der Waals surface area contributed by atoms with Gasteiger partial charge in [-0.2, -0.15) is 16.8 Å². The molecule has 11 heteroatoms. The smallest absolute Gasteiger partial charge is 0.296 e. The summed E-state index contributed by atoms with van der Waals surface area (Å²) < 4.78 is 66.5. The Morgan fingerprint density at radius 3 is 1.81 bits per heavy atom. The zero-order chi connectivity index (χ0) is 22.6. The number of carbonyl (C=O) groups excluding carboxylic acids is 2. The number of benzene rings is 3. The van der Waals surface area contributed by atoms with Crippen LogP contribution in [0.3, 0.4) is 0 Å². The lowest BCUT2D eigenvalue weighted by atomic mass is 9.83. The standard InChI is InChI=1S/C20H13NO8S2/c22-19-13-9-10-15(31(27,28)29)18(21-11-5-2-1-3-6-11)17(13)20(23)12-7-4-8-14(16(12)19)30(24,25)26/h1-10,21H,(H,24,25,26)(H,27,28,29). The highest BCUT2D eigenvalue weighted by molar-refractivity contribution is 7.86. The van der Waals surface area contributed by atoms with Gasteiger partial charge in [-0.15, -0.1) is 0 Å². The molecule has 158 valence electrons. The quantitative estimate of drug-likeness (QED) is 0.391. The van der Waals surface area contributed by atoms with Crippen molar-refractivity contribution in [3.8, 4) is 0 Å². The molecule has 0 bridgehead atoms. The van der Waals surface area contributed by atoms with E-state index in [1.165, 1.54) is 12.1 Å². The van der Waals surface area contributed by atoms with E-state index >= 15 is 0 Å². The fourth-order valence-corrected chi connectivity index (χ4v) is 4.81. The highest BCUT2D eigenvalue weighted by atomic mass is 32.2. The summed E-state index contributed by atoms with van der Waals surface area (Å²) in [5.41, 5.74) is -1.40. The van der Waals surface area contributed by atoms with Gasteiger partial charge in [0.2, 0.25) is 0 Å². The monoisotopic (exact) mass is 459 g/mol. The summed E-state index contributed by atoms with van der Waals surface area (Å²) in [7, 11) is -9.62. The van der Waals surface area contributed by atoms with Crippen LogP contribution in [0.5, 0.6) is 0 Å². The Labute approximate surface area is 176 Å². The van der Waals surface area contributed by atoms with Crippen LogP contribution in [0.2, 0.25) is 0 Å². The molecule has 0 atom stereocenters. The second-order valence-electron chi connectivity index (χ2n) is 6.64. The molecule has 0 fully saturated rings. The van der Waals surface area contributed by atoms with Crippen LogP contribution in [0, 0.1) is 0 Å².